The van der Waals surface area contributed by atoms with Gasteiger partial charge < -0.3 is 5.21 Å². The van der Waals surface area contributed by atoms with Crippen LogP contribution in [0.5, 0.6) is 0 Å². The molecule has 2 aliphatic rings. The molecule has 2 aliphatic carbocycles. The van der Waals surface area contributed by atoms with E-state index < -0.39 is 0 Å². The molecule has 0 amide bonds. The van der Waals surface area contributed by atoms with E-state index in [4.69, 9.17) is 0 Å². The number of aryl methyl sites for hydroxylation is 1. The molecule has 0 saturated carbocycles. The second-order valence-electron chi connectivity index (χ2n) is 9.10. The summed E-state index contributed by atoms with van der Waals surface area (Å²) in [6.45, 7) is 2.04. The number of rotatable bonds is 3. The molecular formula is C31H27NO. The summed E-state index contributed by atoms with van der Waals surface area (Å²) in [6, 6.07) is 24.1. The normalized spacial score (nSPS) is 15.7. The Morgan fingerprint density at radius 1 is 0.848 bits per heavy atom. The molecule has 6 rings (SSSR count). The van der Waals surface area contributed by atoms with E-state index in [-0.39, 0.29) is 0 Å². The average Bonchev–Trinajstić information content (AvgIpc) is 2.88. The monoisotopic (exact) mass is 429 g/mol. The molecule has 0 radical (unpaired) electrons. The van der Waals surface area contributed by atoms with Crippen molar-refractivity contribution < 1.29 is 5.21 Å². The van der Waals surface area contributed by atoms with Crippen molar-refractivity contribution in [1.82, 2.24) is 0 Å². The zero-order valence-corrected chi connectivity index (χ0v) is 18.9. The maximum Gasteiger partial charge on any atom is 0.0877 e. The Balaban J connectivity index is 1.54. The molecule has 4 aromatic carbocycles. The van der Waals surface area contributed by atoms with Gasteiger partial charge in [-0.05, 0) is 87.5 Å². The summed E-state index contributed by atoms with van der Waals surface area (Å²) < 4.78 is 0. The quantitative estimate of drug-likeness (QED) is 0.198. The Morgan fingerprint density at radius 3 is 2.58 bits per heavy atom. The predicted molar refractivity (Wildman–Crippen MR) is 139 cm³/mol. The van der Waals surface area contributed by atoms with Gasteiger partial charge in [-0.2, -0.15) is 0 Å². The number of hydrogen-bond acceptors (Lipinski definition) is 2. The highest BCUT2D eigenvalue weighted by molar-refractivity contribution is 6.15. The largest absolute Gasteiger partial charge is 0.411 e. The van der Waals surface area contributed by atoms with Gasteiger partial charge in [-0.3, -0.25) is 0 Å². The fourth-order valence-corrected chi connectivity index (χ4v) is 5.73. The molecule has 162 valence electrons. The molecule has 2 heteroatoms. The first kappa shape index (κ1) is 20.0. The molecule has 0 bridgehead atoms. The topological polar surface area (TPSA) is 32.6 Å². The standard InChI is InChI=1S/C31H27NO/c1-2-30(32-33)31-26-10-6-4-8-21(26)11-16-27(31)23-13-15-25-22(19-23)14-18-28-24-9-5-3-7-20(24)12-17-29(25)28/h4-6,8-11,13-16,18-19,33H,2-3,7,12,17H2,1H3. The lowest BCUT2D eigenvalue weighted by atomic mass is 9.79. The number of benzene rings is 4. The van der Waals surface area contributed by atoms with Crippen molar-refractivity contribution in [3.05, 3.63) is 101 Å². The Labute approximate surface area is 194 Å². The second-order valence-corrected chi connectivity index (χ2v) is 9.10. The third-order valence-corrected chi connectivity index (χ3v) is 7.36. The number of hydrogen-bond donors (Lipinski definition) is 1. The van der Waals surface area contributed by atoms with Gasteiger partial charge in [0.05, 0.1) is 5.71 Å². The SMILES string of the molecule is CCC(=NO)c1c(-c2ccc3c4c(ccc3c2)C2=C(CCC=C2)CC4)ccc2ccccc12. The van der Waals surface area contributed by atoms with Gasteiger partial charge in [0, 0.05) is 5.56 Å². The van der Waals surface area contributed by atoms with E-state index in [1.807, 2.05) is 6.92 Å². The number of nitrogens with zero attached hydrogens (tertiary/aromatic N) is 1. The molecular weight excluding hydrogens is 402 g/mol. The van der Waals surface area contributed by atoms with Crippen molar-refractivity contribution >= 4 is 32.8 Å². The molecule has 0 aliphatic heterocycles. The molecule has 4 aromatic rings. The minimum Gasteiger partial charge on any atom is -0.411 e. The van der Waals surface area contributed by atoms with Gasteiger partial charge in [-0.15, -0.1) is 0 Å². The van der Waals surface area contributed by atoms with Gasteiger partial charge in [0.25, 0.3) is 0 Å². The Bertz CT molecular complexity index is 1500. The fraction of sp³-hybridized carbons (Fsp3) is 0.194. The highest BCUT2D eigenvalue weighted by Crippen LogP contribution is 2.41. The van der Waals surface area contributed by atoms with Crippen molar-refractivity contribution in [3.8, 4) is 11.1 Å². The van der Waals surface area contributed by atoms with E-state index in [1.165, 1.54) is 46.7 Å². The Kier molecular flexibility index (Phi) is 4.87. The van der Waals surface area contributed by atoms with Crippen molar-refractivity contribution in [2.75, 3.05) is 0 Å². The van der Waals surface area contributed by atoms with Crippen molar-refractivity contribution in [2.24, 2.45) is 5.16 Å². The Morgan fingerprint density at radius 2 is 1.70 bits per heavy atom. The zero-order valence-electron chi connectivity index (χ0n) is 18.9. The van der Waals surface area contributed by atoms with Crippen LogP contribution in [0, 0.1) is 0 Å². The maximum atomic E-state index is 9.79. The highest BCUT2D eigenvalue weighted by atomic mass is 16.4. The molecule has 33 heavy (non-hydrogen) atoms. The second kappa shape index (κ2) is 8.04. The molecule has 0 heterocycles. The van der Waals surface area contributed by atoms with E-state index in [1.54, 1.807) is 5.57 Å². The average molecular weight is 430 g/mol. The van der Waals surface area contributed by atoms with Crippen molar-refractivity contribution in [2.45, 2.75) is 39.0 Å². The Hall–Kier alpha value is -3.65. The van der Waals surface area contributed by atoms with E-state index in [0.717, 1.165) is 39.6 Å². The molecule has 0 aromatic heterocycles. The summed E-state index contributed by atoms with van der Waals surface area (Å²) in [5, 5.41) is 18.4. The van der Waals surface area contributed by atoms with Crippen LogP contribution in [0.15, 0.2) is 89.6 Å². The third kappa shape index (κ3) is 3.21. The summed E-state index contributed by atoms with van der Waals surface area (Å²) in [7, 11) is 0. The van der Waals surface area contributed by atoms with Crippen LogP contribution in [0.4, 0.5) is 0 Å². The summed E-state index contributed by atoms with van der Waals surface area (Å²) >= 11 is 0. The van der Waals surface area contributed by atoms with Gasteiger partial charge >= 0.3 is 0 Å². The van der Waals surface area contributed by atoms with Gasteiger partial charge in [-0.1, -0.05) is 90.5 Å². The number of allylic oxidation sites excluding steroid dienone is 4. The van der Waals surface area contributed by atoms with Crippen LogP contribution in [0.3, 0.4) is 0 Å². The lowest BCUT2D eigenvalue weighted by Gasteiger charge is -2.25. The van der Waals surface area contributed by atoms with Crippen LogP contribution in [0.1, 0.15) is 49.3 Å². The van der Waals surface area contributed by atoms with Crippen LogP contribution in [-0.2, 0) is 6.42 Å². The van der Waals surface area contributed by atoms with Gasteiger partial charge in [0.2, 0.25) is 0 Å². The molecule has 1 N–H and O–H groups in total. The van der Waals surface area contributed by atoms with Crippen LogP contribution in [0.2, 0.25) is 0 Å². The maximum absolute atomic E-state index is 9.79. The van der Waals surface area contributed by atoms with Crippen molar-refractivity contribution in [3.63, 3.8) is 0 Å². The van der Waals surface area contributed by atoms with E-state index in [2.05, 4.69) is 84.0 Å². The smallest absolute Gasteiger partial charge is 0.0877 e. The molecule has 0 unspecified atom stereocenters. The number of oxime groups is 1. The first-order valence-electron chi connectivity index (χ1n) is 12.0. The zero-order chi connectivity index (χ0) is 22.4. The van der Waals surface area contributed by atoms with Gasteiger partial charge in [0.15, 0.2) is 0 Å². The molecule has 2 nitrogen and oxygen atoms in total. The predicted octanol–water partition coefficient (Wildman–Crippen LogP) is 8.30. The summed E-state index contributed by atoms with van der Waals surface area (Å²) in [4.78, 5) is 0. The van der Waals surface area contributed by atoms with Crippen LogP contribution < -0.4 is 0 Å². The van der Waals surface area contributed by atoms with E-state index in [9.17, 15) is 5.21 Å². The molecule has 0 fully saturated rings. The summed E-state index contributed by atoms with van der Waals surface area (Å²) in [6.07, 6.45) is 10.0. The van der Waals surface area contributed by atoms with Gasteiger partial charge in [-0.25, -0.2) is 0 Å². The third-order valence-electron chi connectivity index (χ3n) is 7.36. The van der Waals surface area contributed by atoms with E-state index >= 15 is 0 Å². The lowest BCUT2D eigenvalue weighted by Crippen LogP contribution is -2.07. The van der Waals surface area contributed by atoms with Crippen LogP contribution >= 0.6 is 0 Å². The molecule has 0 saturated heterocycles. The van der Waals surface area contributed by atoms with Crippen LogP contribution in [0.25, 0.3) is 38.2 Å². The van der Waals surface area contributed by atoms with E-state index in [0.29, 0.717) is 6.42 Å². The first-order chi connectivity index (χ1) is 16.3. The van der Waals surface area contributed by atoms with Gasteiger partial charge in [0.1, 0.15) is 0 Å². The van der Waals surface area contributed by atoms with Crippen molar-refractivity contribution in [1.29, 1.82) is 0 Å². The first-order valence-corrected chi connectivity index (χ1v) is 12.0. The summed E-state index contributed by atoms with van der Waals surface area (Å²) in [5.74, 6) is 0. The minimum absolute atomic E-state index is 0.670. The highest BCUT2D eigenvalue weighted by Gasteiger charge is 2.21. The number of fused-ring (bicyclic) bond motifs is 5. The summed E-state index contributed by atoms with van der Waals surface area (Å²) in [5.41, 5.74) is 9.99. The molecule has 0 spiro atoms. The lowest BCUT2D eigenvalue weighted by molar-refractivity contribution is 0.318. The van der Waals surface area contributed by atoms with Crippen LogP contribution in [-0.4, -0.2) is 10.9 Å². The molecule has 0 atom stereocenters. The fourth-order valence-electron chi connectivity index (χ4n) is 5.73. The minimum atomic E-state index is 0.670.